The summed E-state index contributed by atoms with van der Waals surface area (Å²) in [5.41, 5.74) is 4.08. The zero-order valence-electron chi connectivity index (χ0n) is 19.0. The first-order chi connectivity index (χ1) is 14.7. The minimum atomic E-state index is -0.406. The van der Waals surface area contributed by atoms with E-state index in [0.29, 0.717) is 41.1 Å². The molecular weight excluding hydrogens is 388 g/mol. The molecule has 1 aliphatic carbocycles. The van der Waals surface area contributed by atoms with E-state index in [-0.39, 0.29) is 5.75 Å². The highest BCUT2D eigenvalue weighted by molar-refractivity contribution is 5.37. The van der Waals surface area contributed by atoms with Crippen LogP contribution < -0.4 is 5.63 Å². The van der Waals surface area contributed by atoms with Crippen LogP contribution in [0.15, 0.2) is 39.7 Å². The summed E-state index contributed by atoms with van der Waals surface area (Å²) in [4.78, 5) is 17.3. The van der Waals surface area contributed by atoms with Crippen molar-refractivity contribution in [3.63, 3.8) is 0 Å². The fourth-order valence-corrected chi connectivity index (χ4v) is 6.69. The molecule has 5 rings (SSSR count). The van der Waals surface area contributed by atoms with E-state index >= 15 is 0 Å². The molecule has 0 spiro atoms. The van der Waals surface area contributed by atoms with Crippen LogP contribution in [0.5, 0.6) is 5.75 Å². The molecule has 0 unspecified atom stereocenters. The van der Waals surface area contributed by atoms with Crippen molar-refractivity contribution in [3.05, 3.63) is 63.2 Å². The van der Waals surface area contributed by atoms with E-state index in [9.17, 15) is 9.90 Å². The second-order valence-corrected chi connectivity index (χ2v) is 11.2. The predicted molar refractivity (Wildman–Crippen MR) is 121 cm³/mol. The molecule has 1 aromatic carbocycles. The van der Waals surface area contributed by atoms with Crippen LogP contribution in [0.4, 0.5) is 0 Å². The van der Waals surface area contributed by atoms with E-state index in [4.69, 9.17) is 4.42 Å². The third-order valence-corrected chi connectivity index (χ3v) is 7.63. The molecule has 1 aromatic heterocycles. The second-order valence-electron chi connectivity index (χ2n) is 11.2. The average Bonchev–Trinajstić information content (AvgIpc) is 2.95. The van der Waals surface area contributed by atoms with E-state index < -0.39 is 5.63 Å². The van der Waals surface area contributed by atoms with Crippen LogP contribution in [0.25, 0.3) is 0 Å². The fourth-order valence-electron chi connectivity index (χ4n) is 6.69. The normalized spacial score (nSPS) is 27.9. The zero-order valence-corrected chi connectivity index (χ0v) is 19.0. The third kappa shape index (κ3) is 4.06. The van der Waals surface area contributed by atoms with Crippen molar-refractivity contribution >= 4 is 0 Å². The van der Waals surface area contributed by atoms with Crippen molar-refractivity contribution < 1.29 is 9.52 Å². The summed E-state index contributed by atoms with van der Waals surface area (Å²) in [6, 6.07) is 9.00. The summed E-state index contributed by atoms with van der Waals surface area (Å²) < 4.78 is 5.40. The van der Waals surface area contributed by atoms with Crippen LogP contribution in [0.1, 0.15) is 62.3 Å². The summed E-state index contributed by atoms with van der Waals surface area (Å²) in [5.74, 6) is 0.126. The monoisotopic (exact) mass is 422 g/mol. The number of aromatic hydroxyl groups is 1. The number of nitrogens with zero attached hydrogens (tertiary/aromatic N) is 2. The van der Waals surface area contributed by atoms with Gasteiger partial charge < -0.3 is 9.52 Å². The first-order valence-electron chi connectivity index (χ1n) is 11.6. The molecule has 1 saturated heterocycles. The first kappa shape index (κ1) is 20.8. The Morgan fingerprint density at radius 2 is 1.90 bits per heavy atom. The molecule has 0 radical (unpaired) electrons. The largest absolute Gasteiger partial charge is 0.507 e. The average molecular weight is 423 g/mol. The van der Waals surface area contributed by atoms with Gasteiger partial charge in [-0.05, 0) is 47.6 Å². The number of benzene rings is 1. The van der Waals surface area contributed by atoms with Gasteiger partial charge in [0.1, 0.15) is 12.0 Å². The van der Waals surface area contributed by atoms with E-state index in [1.165, 1.54) is 30.2 Å². The second kappa shape index (κ2) is 7.49. The Balaban J connectivity index is 1.34. The van der Waals surface area contributed by atoms with Crippen molar-refractivity contribution in [2.75, 3.05) is 13.1 Å². The summed E-state index contributed by atoms with van der Waals surface area (Å²) in [7, 11) is 0. The molecule has 2 aliphatic heterocycles. The van der Waals surface area contributed by atoms with Crippen molar-refractivity contribution in [1.82, 2.24) is 9.80 Å². The Bertz CT molecular complexity index is 1040. The van der Waals surface area contributed by atoms with Gasteiger partial charge in [-0.3, -0.25) is 9.80 Å². The number of hydrogen-bond donors (Lipinski definition) is 1. The molecule has 31 heavy (non-hydrogen) atoms. The summed E-state index contributed by atoms with van der Waals surface area (Å²) in [6.45, 7) is 10.9. The van der Waals surface area contributed by atoms with Crippen molar-refractivity contribution in [2.45, 2.75) is 72.1 Å². The van der Waals surface area contributed by atoms with Crippen LogP contribution in [0, 0.1) is 10.8 Å². The fraction of sp³-hybridized carbons (Fsp3) is 0.577. The van der Waals surface area contributed by atoms with Gasteiger partial charge in [0.15, 0.2) is 0 Å². The lowest BCUT2D eigenvalue weighted by Gasteiger charge is -2.39. The molecule has 1 saturated carbocycles. The topological polar surface area (TPSA) is 56.9 Å². The third-order valence-electron chi connectivity index (χ3n) is 7.63. The number of rotatable bonds is 4. The summed E-state index contributed by atoms with van der Waals surface area (Å²) >= 11 is 0. The van der Waals surface area contributed by atoms with Crippen LogP contribution in [-0.2, 0) is 26.1 Å². The molecule has 2 fully saturated rings. The minimum absolute atomic E-state index is 0.126. The van der Waals surface area contributed by atoms with E-state index in [2.05, 4.69) is 54.8 Å². The molecule has 5 heteroatoms. The van der Waals surface area contributed by atoms with Crippen LogP contribution in [-0.4, -0.2) is 34.0 Å². The Kier molecular flexibility index (Phi) is 5.02. The van der Waals surface area contributed by atoms with E-state index in [0.717, 1.165) is 32.5 Å². The van der Waals surface area contributed by atoms with Gasteiger partial charge in [0.25, 0.3) is 0 Å². The van der Waals surface area contributed by atoms with E-state index in [1.54, 1.807) is 0 Å². The SMILES string of the molecule is CC1(C)C[C@@H]2C[C@@](C)(CN2Cc2c(O)c(CN3CCc4ccccc4C3)coc2=O)C1. The lowest BCUT2D eigenvalue weighted by molar-refractivity contribution is 0.126. The van der Waals surface area contributed by atoms with Crippen molar-refractivity contribution in [3.8, 4) is 5.75 Å². The van der Waals surface area contributed by atoms with Crippen LogP contribution in [0.3, 0.4) is 0 Å². The zero-order chi connectivity index (χ0) is 21.8. The van der Waals surface area contributed by atoms with Gasteiger partial charge in [-0.1, -0.05) is 45.0 Å². The van der Waals surface area contributed by atoms with Gasteiger partial charge in [-0.15, -0.1) is 0 Å². The lowest BCUT2D eigenvalue weighted by Crippen LogP contribution is -2.35. The molecule has 2 aromatic rings. The quantitative estimate of drug-likeness (QED) is 0.796. The number of fused-ring (bicyclic) bond motifs is 3. The predicted octanol–water partition coefficient (Wildman–Crippen LogP) is 4.30. The maximum atomic E-state index is 12.6. The van der Waals surface area contributed by atoms with Gasteiger partial charge in [0.05, 0.1) is 5.56 Å². The highest BCUT2D eigenvalue weighted by Gasteiger charge is 2.49. The molecule has 1 N–H and O–H groups in total. The maximum absolute atomic E-state index is 12.6. The van der Waals surface area contributed by atoms with Crippen LogP contribution in [0.2, 0.25) is 0 Å². The Hall–Kier alpha value is -2.11. The van der Waals surface area contributed by atoms with E-state index in [1.807, 2.05) is 0 Å². The van der Waals surface area contributed by atoms with Crippen molar-refractivity contribution in [1.29, 1.82) is 0 Å². The molecular formula is C26H34N2O3. The standard InChI is InChI=1S/C26H34N2O3/c1-25(2)10-21-11-26(3,16-25)17-28(21)14-22-23(29)20(15-31-24(22)30)13-27-9-8-18-6-4-5-7-19(18)12-27/h4-7,15,21,29H,8-14,16-17H2,1-3H3/t21-,26-/m1/s1. The van der Waals surface area contributed by atoms with Gasteiger partial charge >= 0.3 is 5.63 Å². The smallest absolute Gasteiger partial charge is 0.343 e. The molecule has 3 aliphatic rings. The minimum Gasteiger partial charge on any atom is -0.507 e. The molecule has 5 nitrogen and oxygen atoms in total. The highest BCUT2D eigenvalue weighted by Crippen LogP contribution is 2.52. The maximum Gasteiger partial charge on any atom is 0.343 e. The molecule has 3 heterocycles. The number of likely N-dealkylation sites (tertiary alicyclic amines) is 1. The van der Waals surface area contributed by atoms with Gasteiger partial charge in [-0.2, -0.15) is 0 Å². The molecule has 166 valence electrons. The highest BCUT2D eigenvalue weighted by atomic mass is 16.4. The van der Waals surface area contributed by atoms with Crippen LogP contribution >= 0.6 is 0 Å². The van der Waals surface area contributed by atoms with Gasteiger partial charge in [-0.25, -0.2) is 4.79 Å². The first-order valence-corrected chi connectivity index (χ1v) is 11.6. The Morgan fingerprint density at radius 3 is 2.71 bits per heavy atom. The lowest BCUT2D eigenvalue weighted by atomic mass is 9.65. The summed E-state index contributed by atoms with van der Waals surface area (Å²) in [5, 5.41) is 11.0. The van der Waals surface area contributed by atoms with Crippen molar-refractivity contribution in [2.24, 2.45) is 10.8 Å². The number of hydrogen-bond acceptors (Lipinski definition) is 5. The Morgan fingerprint density at radius 1 is 1.13 bits per heavy atom. The Labute approximate surface area is 184 Å². The molecule has 0 amide bonds. The molecule has 2 atom stereocenters. The van der Waals surface area contributed by atoms with Gasteiger partial charge in [0.2, 0.25) is 0 Å². The van der Waals surface area contributed by atoms with Gasteiger partial charge in [0, 0.05) is 44.3 Å². The summed E-state index contributed by atoms with van der Waals surface area (Å²) in [6.07, 6.45) is 5.99. The molecule has 2 bridgehead atoms.